The largest absolute Gasteiger partial charge is 0.496 e. The Morgan fingerprint density at radius 1 is 1.26 bits per heavy atom. The minimum Gasteiger partial charge on any atom is -0.496 e. The van der Waals surface area contributed by atoms with Gasteiger partial charge in [-0.2, -0.15) is 0 Å². The second-order valence-electron chi connectivity index (χ2n) is 4.48. The van der Waals surface area contributed by atoms with Gasteiger partial charge in [0.25, 0.3) is 0 Å². The molecule has 0 saturated heterocycles. The van der Waals surface area contributed by atoms with E-state index in [-0.39, 0.29) is 5.92 Å². The summed E-state index contributed by atoms with van der Waals surface area (Å²) in [4.78, 5) is 2.13. The van der Waals surface area contributed by atoms with Gasteiger partial charge < -0.3 is 15.6 Å². The number of aliphatic hydroxyl groups excluding tert-OH is 1. The van der Waals surface area contributed by atoms with Gasteiger partial charge >= 0.3 is 0 Å². The fourth-order valence-corrected chi connectivity index (χ4v) is 3.14. The average molecular weight is 277 g/mol. The van der Waals surface area contributed by atoms with Gasteiger partial charge in [0.15, 0.2) is 0 Å². The standard InChI is InChI=1S/C15H19NO2S/c1-10-7-8-14(19-10)15(17)12(9-16)11-5-3-4-6-13(11)18-2/h3-8,12,15,17H,9,16H2,1-2H3. The second kappa shape index (κ2) is 6.19. The Hall–Kier alpha value is -1.36. The molecule has 3 N–H and O–H groups in total. The highest BCUT2D eigenvalue weighted by Crippen LogP contribution is 2.37. The fourth-order valence-electron chi connectivity index (χ4n) is 2.21. The number of aliphatic hydroxyl groups is 1. The third-order valence-electron chi connectivity index (χ3n) is 3.23. The molecule has 1 aromatic carbocycles. The predicted octanol–water partition coefficient (Wildman–Crippen LogP) is 2.84. The van der Waals surface area contributed by atoms with Crippen LogP contribution >= 0.6 is 11.3 Å². The van der Waals surface area contributed by atoms with Crippen LogP contribution in [0.4, 0.5) is 0 Å². The van der Waals surface area contributed by atoms with Gasteiger partial charge in [-0.05, 0) is 25.1 Å². The second-order valence-corrected chi connectivity index (χ2v) is 5.80. The molecule has 2 unspecified atom stereocenters. The topological polar surface area (TPSA) is 55.5 Å². The smallest absolute Gasteiger partial charge is 0.122 e. The highest BCUT2D eigenvalue weighted by molar-refractivity contribution is 7.12. The van der Waals surface area contributed by atoms with E-state index in [4.69, 9.17) is 10.5 Å². The Bertz CT molecular complexity index is 538. The quantitative estimate of drug-likeness (QED) is 0.883. The maximum absolute atomic E-state index is 10.5. The lowest BCUT2D eigenvalue weighted by Crippen LogP contribution is -2.20. The molecule has 102 valence electrons. The normalized spacial score (nSPS) is 14.1. The highest BCUT2D eigenvalue weighted by Gasteiger charge is 2.25. The zero-order valence-corrected chi connectivity index (χ0v) is 12.0. The van der Waals surface area contributed by atoms with Crippen molar-refractivity contribution in [2.75, 3.05) is 13.7 Å². The molecule has 1 aromatic heterocycles. The number of methoxy groups -OCH3 is 1. The summed E-state index contributed by atoms with van der Waals surface area (Å²) in [5, 5.41) is 10.5. The highest BCUT2D eigenvalue weighted by atomic mass is 32.1. The van der Waals surface area contributed by atoms with Crippen molar-refractivity contribution in [1.29, 1.82) is 0 Å². The Morgan fingerprint density at radius 2 is 2.00 bits per heavy atom. The first kappa shape index (κ1) is 14.1. The number of nitrogens with two attached hydrogens (primary N) is 1. The van der Waals surface area contributed by atoms with E-state index in [0.717, 1.165) is 16.2 Å². The van der Waals surface area contributed by atoms with Crippen LogP contribution in [0.25, 0.3) is 0 Å². The van der Waals surface area contributed by atoms with Crippen LogP contribution in [0.15, 0.2) is 36.4 Å². The zero-order valence-electron chi connectivity index (χ0n) is 11.2. The molecule has 0 aliphatic carbocycles. The molecule has 1 heterocycles. The maximum atomic E-state index is 10.5. The summed E-state index contributed by atoms with van der Waals surface area (Å²) in [6.45, 7) is 2.40. The van der Waals surface area contributed by atoms with Gasteiger partial charge in [-0.15, -0.1) is 11.3 Å². The molecule has 0 bridgehead atoms. The van der Waals surface area contributed by atoms with Gasteiger partial charge in [-0.1, -0.05) is 18.2 Å². The van der Waals surface area contributed by atoms with Crippen molar-refractivity contribution in [3.05, 3.63) is 51.7 Å². The summed E-state index contributed by atoms with van der Waals surface area (Å²) < 4.78 is 5.36. The van der Waals surface area contributed by atoms with Crippen LogP contribution in [0.2, 0.25) is 0 Å². The van der Waals surface area contributed by atoms with Crippen molar-refractivity contribution in [2.45, 2.75) is 18.9 Å². The molecule has 0 saturated carbocycles. The molecule has 4 heteroatoms. The molecular weight excluding hydrogens is 258 g/mol. The molecule has 0 aliphatic heterocycles. The van der Waals surface area contributed by atoms with Gasteiger partial charge in [0, 0.05) is 27.8 Å². The van der Waals surface area contributed by atoms with E-state index in [1.54, 1.807) is 18.4 Å². The summed E-state index contributed by atoms with van der Waals surface area (Å²) in [6, 6.07) is 11.7. The van der Waals surface area contributed by atoms with Crippen molar-refractivity contribution in [3.63, 3.8) is 0 Å². The lowest BCUT2D eigenvalue weighted by molar-refractivity contribution is 0.149. The summed E-state index contributed by atoms with van der Waals surface area (Å²) in [5.74, 6) is 0.611. The number of benzene rings is 1. The van der Waals surface area contributed by atoms with Crippen LogP contribution < -0.4 is 10.5 Å². The van der Waals surface area contributed by atoms with Crippen LogP contribution in [0.5, 0.6) is 5.75 Å². The van der Waals surface area contributed by atoms with Gasteiger partial charge in [-0.25, -0.2) is 0 Å². The van der Waals surface area contributed by atoms with E-state index in [2.05, 4.69) is 0 Å². The van der Waals surface area contributed by atoms with Crippen molar-refractivity contribution in [3.8, 4) is 5.75 Å². The molecule has 2 atom stereocenters. The summed E-state index contributed by atoms with van der Waals surface area (Å²) in [7, 11) is 1.63. The van der Waals surface area contributed by atoms with Crippen molar-refractivity contribution in [2.24, 2.45) is 5.73 Å². The molecular formula is C15H19NO2S. The van der Waals surface area contributed by atoms with Crippen LogP contribution in [-0.4, -0.2) is 18.8 Å². The number of hydrogen-bond donors (Lipinski definition) is 2. The average Bonchev–Trinajstić information content (AvgIpc) is 2.86. The molecule has 0 radical (unpaired) electrons. The van der Waals surface area contributed by atoms with E-state index in [9.17, 15) is 5.11 Å². The van der Waals surface area contributed by atoms with E-state index in [1.807, 2.05) is 43.3 Å². The molecule has 0 fully saturated rings. The van der Waals surface area contributed by atoms with E-state index >= 15 is 0 Å². The Labute approximate surface area is 117 Å². The fraction of sp³-hybridized carbons (Fsp3) is 0.333. The Kier molecular flexibility index (Phi) is 4.58. The van der Waals surface area contributed by atoms with Crippen LogP contribution in [-0.2, 0) is 0 Å². The molecule has 0 aliphatic rings. The Morgan fingerprint density at radius 3 is 2.58 bits per heavy atom. The van der Waals surface area contributed by atoms with E-state index in [1.165, 1.54) is 4.88 Å². The van der Waals surface area contributed by atoms with Gasteiger partial charge in [0.05, 0.1) is 13.2 Å². The minimum atomic E-state index is -0.597. The lowest BCUT2D eigenvalue weighted by Gasteiger charge is -2.22. The van der Waals surface area contributed by atoms with Gasteiger partial charge in [0.1, 0.15) is 5.75 Å². The first-order valence-corrected chi connectivity index (χ1v) is 7.06. The predicted molar refractivity (Wildman–Crippen MR) is 78.8 cm³/mol. The Balaban J connectivity index is 2.33. The number of rotatable bonds is 5. The van der Waals surface area contributed by atoms with Crippen molar-refractivity contribution in [1.82, 2.24) is 0 Å². The first-order valence-electron chi connectivity index (χ1n) is 6.24. The monoisotopic (exact) mass is 277 g/mol. The summed E-state index contributed by atoms with van der Waals surface area (Å²) >= 11 is 1.60. The molecule has 19 heavy (non-hydrogen) atoms. The van der Waals surface area contributed by atoms with Crippen LogP contribution in [0.3, 0.4) is 0 Å². The molecule has 3 nitrogen and oxygen atoms in total. The SMILES string of the molecule is COc1ccccc1C(CN)C(O)c1ccc(C)s1. The van der Waals surface area contributed by atoms with Crippen molar-refractivity contribution >= 4 is 11.3 Å². The third kappa shape index (κ3) is 2.97. The number of para-hydroxylation sites is 1. The molecule has 0 spiro atoms. The zero-order chi connectivity index (χ0) is 13.8. The third-order valence-corrected chi connectivity index (χ3v) is 4.30. The number of hydrogen-bond acceptors (Lipinski definition) is 4. The molecule has 2 rings (SSSR count). The molecule has 0 amide bonds. The maximum Gasteiger partial charge on any atom is 0.122 e. The van der Waals surface area contributed by atoms with Crippen LogP contribution in [0, 0.1) is 6.92 Å². The van der Waals surface area contributed by atoms with Crippen LogP contribution in [0.1, 0.15) is 27.3 Å². The van der Waals surface area contributed by atoms with Crippen molar-refractivity contribution < 1.29 is 9.84 Å². The first-order chi connectivity index (χ1) is 9.17. The number of thiophene rings is 1. The van der Waals surface area contributed by atoms with Gasteiger partial charge in [-0.3, -0.25) is 0 Å². The molecule has 2 aromatic rings. The lowest BCUT2D eigenvalue weighted by atomic mass is 9.92. The van der Waals surface area contributed by atoms with Gasteiger partial charge in [0.2, 0.25) is 0 Å². The summed E-state index contributed by atoms with van der Waals surface area (Å²) in [6.07, 6.45) is -0.597. The number of ether oxygens (including phenoxy) is 1. The van der Waals surface area contributed by atoms with E-state index in [0.29, 0.717) is 6.54 Å². The number of aryl methyl sites for hydroxylation is 1. The minimum absolute atomic E-state index is 0.158. The van der Waals surface area contributed by atoms with E-state index < -0.39 is 6.10 Å². The summed E-state index contributed by atoms with van der Waals surface area (Å²) in [5.41, 5.74) is 6.81.